The van der Waals surface area contributed by atoms with Gasteiger partial charge in [-0.1, -0.05) is 0 Å². The van der Waals surface area contributed by atoms with Crippen molar-refractivity contribution < 1.29 is 23.1 Å². The summed E-state index contributed by atoms with van der Waals surface area (Å²) < 4.78 is 37.5. The van der Waals surface area contributed by atoms with Gasteiger partial charge in [0.25, 0.3) is 0 Å². The molecule has 0 saturated carbocycles. The number of phenolic OH excluding ortho intramolecular Hbond substituents is 1. The van der Waals surface area contributed by atoms with Crippen LogP contribution in [0.2, 0.25) is 0 Å². The molecule has 3 nitrogen and oxygen atoms in total. The summed E-state index contributed by atoms with van der Waals surface area (Å²) in [5.74, 6) is -0.645. The number of Topliss-reactive ketones (excluding diaryl/α,β-unsaturated/α-hetero) is 1. The first-order chi connectivity index (χ1) is 8.61. The molecule has 0 unspecified atom stereocenters. The van der Waals surface area contributed by atoms with Gasteiger partial charge < -0.3 is 10.0 Å². The maximum absolute atomic E-state index is 12.5. The van der Waals surface area contributed by atoms with E-state index in [0.29, 0.717) is 0 Å². The predicted octanol–water partition coefficient (Wildman–Crippen LogP) is 3.37. The summed E-state index contributed by atoms with van der Waals surface area (Å²) in [6, 6.07) is 3.54. The van der Waals surface area contributed by atoms with Crippen LogP contribution in [0.15, 0.2) is 18.2 Å². The molecule has 0 spiro atoms. The normalized spacial score (nSPS) is 11.7. The summed E-state index contributed by atoms with van der Waals surface area (Å²) in [5, 5.41) is 9.66. The molecule has 19 heavy (non-hydrogen) atoms. The fraction of sp³-hybridized carbons (Fsp3) is 0.462. The van der Waals surface area contributed by atoms with Crippen molar-refractivity contribution in [2.45, 2.75) is 33.0 Å². The molecule has 0 heterocycles. The lowest BCUT2D eigenvalue weighted by molar-refractivity contribution is -0.120. The quantitative estimate of drug-likeness (QED) is 0.856. The summed E-state index contributed by atoms with van der Waals surface area (Å²) in [7, 11) is 0. The Morgan fingerprint density at radius 2 is 1.95 bits per heavy atom. The van der Waals surface area contributed by atoms with Crippen LogP contribution in [0.1, 0.15) is 31.1 Å². The van der Waals surface area contributed by atoms with Crippen LogP contribution >= 0.6 is 0 Å². The van der Waals surface area contributed by atoms with Crippen LogP contribution in [-0.2, 0) is 0 Å². The minimum absolute atomic E-state index is 0.0967. The number of hydrogen-bond acceptors (Lipinski definition) is 3. The summed E-state index contributed by atoms with van der Waals surface area (Å²) in [6.45, 7) is 3.43. The Morgan fingerprint density at radius 3 is 2.32 bits per heavy atom. The van der Waals surface area contributed by atoms with Gasteiger partial charge in [-0.05, 0) is 32.9 Å². The first-order valence-corrected chi connectivity index (χ1v) is 5.79. The van der Waals surface area contributed by atoms with Crippen molar-refractivity contribution >= 4 is 11.5 Å². The SMILES string of the molecule is CC(=O)c1ccc(N(CC(F)(F)F)C(C)C)cc1O. The van der Waals surface area contributed by atoms with E-state index in [9.17, 15) is 23.1 Å². The average molecular weight is 275 g/mol. The van der Waals surface area contributed by atoms with Crippen LogP contribution < -0.4 is 4.90 Å². The number of aromatic hydroxyl groups is 1. The van der Waals surface area contributed by atoms with E-state index < -0.39 is 12.7 Å². The van der Waals surface area contributed by atoms with Gasteiger partial charge in [0, 0.05) is 17.8 Å². The summed E-state index contributed by atoms with van der Waals surface area (Å²) in [6.07, 6.45) is -4.33. The number of halogens is 3. The predicted molar refractivity (Wildman–Crippen MR) is 66.6 cm³/mol. The zero-order valence-corrected chi connectivity index (χ0v) is 11.0. The maximum Gasteiger partial charge on any atom is 0.405 e. The average Bonchev–Trinajstić information content (AvgIpc) is 2.23. The number of nitrogens with zero attached hydrogens (tertiary/aromatic N) is 1. The molecule has 0 aliphatic carbocycles. The fourth-order valence-electron chi connectivity index (χ4n) is 1.76. The van der Waals surface area contributed by atoms with Gasteiger partial charge >= 0.3 is 6.18 Å². The first-order valence-electron chi connectivity index (χ1n) is 5.79. The van der Waals surface area contributed by atoms with Crippen molar-refractivity contribution in [2.75, 3.05) is 11.4 Å². The van der Waals surface area contributed by atoms with Crippen molar-refractivity contribution in [3.8, 4) is 5.75 Å². The standard InChI is InChI=1S/C13H16F3NO2/c1-8(2)17(7-13(14,15)16)10-4-5-11(9(3)18)12(19)6-10/h4-6,8,19H,7H2,1-3H3. The number of alkyl halides is 3. The van der Waals surface area contributed by atoms with Crippen molar-refractivity contribution in [2.24, 2.45) is 0 Å². The second-order valence-corrected chi connectivity index (χ2v) is 4.59. The lowest BCUT2D eigenvalue weighted by Gasteiger charge is -2.30. The Hall–Kier alpha value is -1.72. The molecule has 1 rings (SSSR count). The third-order valence-electron chi connectivity index (χ3n) is 2.67. The Balaban J connectivity index is 3.11. The van der Waals surface area contributed by atoms with E-state index in [1.165, 1.54) is 25.1 Å². The van der Waals surface area contributed by atoms with Crippen LogP contribution in [0.3, 0.4) is 0 Å². The van der Waals surface area contributed by atoms with Gasteiger partial charge in [-0.3, -0.25) is 4.79 Å². The Morgan fingerprint density at radius 1 is 1.37 bits per heavy atom. The van der Waals surface area contributed by atoms with Gasteiger partial charge in [0.1, 0.15) is 12.3 Å². The summed E-state index contributed by atoms with van der Waals surface area (Å²) in [5.41, 5.74) is 0.328. The molecule has 0 aliphatic rings. The largest absolute Gasteiger partial charge is 0.507 e. The van der Waals surface area contributed by atoms with Crippen molar-refractivity contribution in [3.63, 3.8) is 0 Å². The highest BCUT2D eigenvalue weighted by Crippen LogP contribution is 2.29. The van der Waals surface area contributed by atoms with E-state index >= 15 is 0 Å². The Bertz CT molecular complexity index is 469. The third kappa shape index (κ3) is 4.15. The molecule has 1 aromatic rings. The monoisotopic (exact) mass is 275 g/mol. The number of rotatable bonds is 4. The van der Waals surface area contributed by atoms with Gasteiger partial charge in [0.15, 0.2) is 5.78 Å². The zero-order valence-electron chi connectivity index (χ0n) is 11.0. The lowest BCUT2D eigenvalue weighted by Crippen LogP contribution is -2.39. The lowest BCUT2D eigenvalue weighted by atomic mass is 10.1. The van der Waals surface area contributed by atoms with E-state index in [0.717, 1.165) is 4.90 Å². The Labute approximate surface area is 109 Å². The summed E-state index contributed by atoms with van der Waals surface area (Å²) in [4.78, 5) is 12.3. The van der Waals surface area contributed by atoms with E-state index in [1.807, 2.05) is 0 Å². The molecular weight excluding hydrogens is 259 g/mol. The molecule has 0 amide bonds. The number of hydrogen-bond donors (Lipinski definition) is 1. The second kappa shape index (κ2) is 5.50. The second-order valence-electron chi connectivity index (χ2n) is 4.59. The third-order valence-corrected chi connectivity index (χ3v) is 2.67. The molecule has 0 radical (unpaired) electrons. The Kier molecular flexibility index (Phi) is 4.44. The zero-order chi connectivity index (χ0) is 14.8. The van der Waals surface area contributed by atoms with Crippen LogP contribution in [0, 0.1) is 0 Å². The number of benzene rings is 1. The van der Waals surface area contributed by atoms with Gasteiger partial charge in [-0.25, -0.2) is 0 Å². The van der Waals surface area contributed by atoms with E-state index in [4.69, 9.17) is 0 Å². The van der Waals surface area contributed by atoms with Gasteiger partial charge in [0.05, 0.1) is 5.56 Å². The molecule has 0 fully saturated rings. The minimum atomic E-state index is -4.33. The van der Waals surface area contributed by atoms with E-state index in [2.05, 4.69) is 0 Å². The topological polar surface area (TPSA) is 40.5 Å². The maximum atomic E-state index is 12.5. The molecule has 106 valence electrons. The number of carbonyl (C=O) groups is 1. The fourth-order valence-corrected chi connectivity index (χ4v) is 1.76. The van der Waals surface area contributed by atoms with Crippen molar-refractivity contribution in [1.29, 1.82) is 0 Å². The minimum Gasteiger partial charge on any atom is -0.507 e. The molecule has 0 atom stereocenters. The molecule has 0 bridgehead atoms. The van der Waals surface area contributed by atoms with Crippen LogP contribution in [-0.4, -0.2) is 29.7 Å². The molecule has 0 aliphatic heterocycles. The molecule has 1 N–H and O–H groups in total. The van der Waals surface area contributed by atoms with E-state index in [-0.39, 0.29) is 28.8 Å². The highest BCUT2D eigenvalue weighted by Gasteiger charge is 2.32. The molecule has 1 aromatic carbocycles. The first kappa shape index (κ1) is 15.3. The van der Waals surface area contributed by atoms with Crippen molar-refractivity contribution in [1.82, 2.24) is 0 Å². The van der Waals surface area contributed by atoms with Gasteiger partial charge in [0.2, 0.25) is 0 Å². The molecular formula is C13H16F3NO2. The molecule has 6 heteroatoms. The summed E-state index contributed by atoms with van der Waals surface area (Å²) >= 11 is 0. The highest BCUT2D eigenvalue weighted by atomic mass is 19.4. The highest BCUT2D eigenvalue weighted by molar-refractivity contribution is 5.97. The van der Waals surface area contributed by atoms with Crippen LogP contribution in [0.25, 0.3) is 0 Å². The smallest absolute Gasteiger partial charge is 0.405 e. The number of carbonyl (C=O) groups excluding carboxylic acids is 1. The number of phenols is 1. The number of ketones is 1. The van der Waals surface area contributed by atoms with Crippen LogP contribution in [0.5, 0.6) is 5.75 Å². The van der Waals surface area contributed by atoms with Crippen LogP contribution in [0.4, 0.5) is 18.9 Å². The van der Waals surface area contributed by atoms with Crippen molar-refractivity contribution in [3.05, 3.63) is 23.8 Å². The number of anilines is 1. The van der Waals surface area contributed by atoms with Gasteiger partial charge in [-0.15, -0.1) is 0 Å². The molecule has 0 aromatic heterocycles. The van der Waals surface area contributed by atoms with E-state index in [1.54, 1.807) is 13.8 Å². The van der Waals surface area contributed by atoms with Gasteiger partial charge in [-0.2, -0.15) is 13.2 Å². The molecule has 0 saturated heterocycles.